The number of hydrogen-bond donors (Lipinski definition) is 2. The van der Waals surface area contributed by atoms with E-state index in [-0.39, 0.29) is 36.5 Å². The average Bonchev–Trinajstić information content (AvgIpc) is 3.39. The van der Waals surface area contributed by atoms with Crippen LogP contribution in [0.1, 0.15) is 67.1 Å². The summed E-state index contributed by atoms with van der Waals surface area (Å²) in [6.07, 6.45) is 4.79. The summed E-state index contributed by atoms with van der Waals surface area (Å²) in [6, 6.07) is 0.297. The summed E-state index contributed by atoms with van der Waals surface area (Å²) >= 11 is 0. The lowest BCUT2D eigenvalue weighted by atomic mass is 9.85. The molecule has 1 aromatic rings. The topological polar surface area (TPSA) is 101 Å². The van der Waals surface area contributed by atoms with Crippen molar-refractivity contribution in [1.82, 2.24) is 15.4 Å². The monoisotopic (exact) mass is 396 g/mol. The molecule has 3 N–H and O–H groups in total. The van der Waals surface area contributed by atoms with Crippen molar-refractivity contribution < 1.29 is 22.9 Å². The molecule has 2 saturated carbocycles. The zero-order chi connectivity index (χ0) is 19.9. The first-order valence-electron chi connectivity index (χ1n) is 10.0. The first-order chi connectivity index (χ1) is 13.3. The van der Waals surface area contributed by atoms with Gasteiger partial charge in [0.15, 0.2) is 5.69 Å². The van der Waals surface area contributed by atoms with Gasteiger partial charge >= 0.3 is 0 Å². The third kappa shape index (κ3) is 4.04. The number of piperidine rings is 1. The number of carbonyl (C=O) groups is 2. The van der Waals surface area contributed by atoms with E-state index < -0.39 is 24.4 Å². The maximum Gasteiger partial charge on any atom is 0.285 e. The second-order valence-corrected chi connectivity index (χ2v) is 8.34. The highest BCUT2D eigenvalue weighted by Gasteiger charge is 2.47. The van der Waals surface area contributed by atoms with E-state index in [4.69, 9.17) is 10.3 Å². The second kappa shape index (κ2) is 7.42. The van der Waals surface area contributed by atoms with E-state index in [1.807, 2.05) is 0 Å². The summed E-state index contributed by atoms with van der Waals surface area (Å²) in [7, 11) is 0. The number of alkyl halides is 2. The Morgan fingerprint density at radius 3 is 2.54 bits per heavy atom. The molecule has 3 aliphatic rings. The van der Waals surface area contributed by atoms with E-state index in [0.717, 1.165) is 25.7 Å². The third-order valence-corrected chi connectivity index (χ3v) is 6.08. The predicted octanol–water partition coefficient (Wildman–Crippen LogP) is 2.04. The lowest BCUT2D eigenvalue weighted by Crippen LogP contribution is -2.60. The van der Waals surface area contributed by atoms with Crippen LogP contribution >= 0.6 is 0 Å². The van der Waals surface area contributed by atoms with Gasteiger partial charge in [-0.25, -0.2) is 8.78 Å². The zero-order valence-corrected chi connectivity index (χ0v) is 15.7. The maximum atomic E-state index is 14.7. The number of carbonyl (C=O) groups excluding carboxylic acids is 2. The lowest BCUT2D eigenvalue weighted by molar-refractivity contribution is -0.149. The quantitative estimate of drug-likeness (QED) is 0.811. The molecule has 0 radical (unpaired) electrons. The number of hydrogen-bond acceptors (Lipinski definition) is 5. The van der Waals surface area contributed by atoms with E-state index >= 15 is 0 Å². The van der Waals surface area contributed by atoms with Crippen molar-refractivity contribution in [1.29, 1.82) is 0 Å². The molecular weight excluding hydrogens is 370 g/mol. The Morgan fingerprint density at radius 1 is 1.18 bits per heavy atom. The highest BCUT2D eigenvalue weighted by Crippen LogP contribution is 2.40. The van der Waals surface area contributed by atoms with Crippen LogP contribution in [0.3, 0.4) is 0 Å². The Morgan fingerprint density at radius 2 is 1.89 bits per heavy atom. The van der Waals surface area contributed by atoms with Crippen LogP contribution in [0.25, 0.3) is 0 Å². The number of aromatic nitrogens is 1. The fourth-order valence-electron chi connectivity index (χ4n) is 4.12. The molecule has 2 aliphatic carbocycles. The minimum absolute atomic E-state index is 0.00402. The molecule has 1 unspecified atom stereocenters. The Kier molecular flexibility index (Phi) is 5.11. The summed E-state index contributed by atoms with van der Waals surface area (Å²) < 4.78 is 34.4. The third-order valence-electron chi connectivity index (χ3n) is 6.08. The fraction of sp³-hybridized carbons (Fsp3) is 0.737. The number of halogens is 2. The number of likely N-dealkylation sites (tertiary alicyclic amines) is 1. The van der Waals surface area contributed by atoms with E-state index in [1.165, 1.54) is 11.0 Å². The Hall–Kier alpha value is -2.03. The number of nitrogens with zero attached hydrogens (tertiary/aromatic N) is 2. The van der Waals surface area contributed by atoms with Gasteiger partial charge in [0.1, 0.15) is 5.76 Å². The smallest absolute Gasteiger partial charge is 0.285 e. The van der Waals surface area contributed by atoms with Crippen molar-refractivity contribution in [3.8, 4) is 0 Å². The van der Waals surface area contributed by atoms with Gasteiger partial charge < -0.3 is 20.5 Å². The molecule has 0 bridgehead atoms. The zero-order valence-electron chi connectivity index (χ0n) is 15.7. The molecule has 0 aromatic carbocycles. The molecule has 154 valence electrons. The van der Waals surface area contributed by atoms with Crippen molar-refractivity contribution in [3.63, 3.8) is 0 Å². The number of nitrogens with one attached hydrogen (secondary N) is 1. The first kappa shape index (κ1) is 19.3. The van der Waals surface area contributed by atoms with Crippen molar-refractivity contribution >= 4 is 11.8 Å². The van der Waals surface area contributed by atoms with E-state index in [1.54, 1.807) is 0 Å². The van der Waals surface area contributed by atoms with Crippen LogP contribution < -0.4 is 11.1 Å². The predicted molar refractivity (Wildman–Crippen MR) is 95.8 cm³/mol. The van der Waals surface area contributed by atoms with Gasteiger partial charge in [-0.3, -0.25) is 9.59 Å². The van der Waals surface area contributed by atoms with Gasteiger partial charge in [-0.15, -0.1) is 0 Å². The molecule has 2 amide bonds. The van der Waals surface area contributed by atoms with Gasteiger partial charge in [-0.1, -0.05) is 5.16 Å². The van der Waals surface area contributed by atoms with Crippen LogP contribution in [0.15, 0.2) is 10.6 Å². The normalized spacial score (nSPS) is 30.1. The Labute approximate surface area is 162 Å². The SMILES string of the molecule is NC1CCC(C(=O)N2CCC(NC(=O)c3cc(C4CC4)on3)C(F)(F)C2)CC1. The average molecular weight is 396 g/mol. The highest BCUT2D eigenvalue weighted by atomic mass is 19.3. The van der Waals surface area contributed by atoms with Gasteiger partial charge in [0.25, 0.3) is 11.8 Å². The summed E-state index contributed by atoms with van der Waals surface area (Å²) in [4.78, 5) is 26.1. The fourth-order valence-corrected chi connectivity index (χ4v) is 4.12. The molecule has 1 saturated heterocycles. The summed E-state index contributed by atoms with van der Waals surface area (Å²) in [6.45, 7) is -0.473. The van der Waals surface area contributed by atoms with Crippen molar-refractivity contribution in [3.05, 3.63) is 17.5 Å². The van der Waals surface area contributed by atoms with E-state index in [0.29, 0.717) is 24.5 Å². The molecule has 2 heterocycles. The summed E-state index contributed by atoms with van der Waals surface area (Å²) in [5.41, 5.74) is 5.88. The van der Waals surface area contributed by atoms with Crippen molar-refractivity contribution in [2.24, 2.45) is 11.7 Å². The highest BCUT2D eigenvalue weighted by molar-refractivity contribution is 5.92. The number of rotatable bonds is 4. The van der Waals surface area contributed by atoms with Crippen LogP contribution in [0.2, 0.25) is 0 Å². The molecule has 28 heavy (non-hydrogen) atoms. The van der Waals surface area contributed by atoms with Crippen molar-refractivity contribution in [2.75, 3.05) is 13.1 Å². The largest absolute Gasteiger partial charge is 0.360 e. The van der Waals surface area contributed by atoms with Gasteiger partial charge in [0, 0.05) is 30.5 Å². The molecule has 3 fully saturated rings. The standard InChI is InChI=1S/C19H26F2N4O3/c20-19(21)10-25(18(27)12-3-5-13(22)6-4-12)8-7-16(19)23-17(26)14-9-15(28-24-14)11-1-2-11/h9,11-13,16H,1-8,10,22H2,(H,23,26). The molecule has 7 nitrogen and oxygen atoms in total. The Balaban J connectivity index is 1.34. The van der Waals surface area contributed by atoms with Crippen LogP contribution in [0, 0.1) is 5.92 Å². The lowest BCUT2D eigenvalue weighted by Gasteiger charge is -2.40. The van der Waals surface area contributed by atoms with Crippen LogP contribution in [0.4, 0.5) is 8.78 Å². The maximum absolute atomic E-state index is 14.7. The molecule has 9 heteroatoms. The first-order valence-corrected chi connectivity index (χ1v) is 10.0. The minimum atomic E-state index is -3.20. The van der Waals surface area contributed by atoms with Gasteiger partial charge in [0.05, 0.1) is 12.6 Å². The van der Waals surface area contributed by atoms with Crippen LogP contribution in [-0.4, -0.2) is 53.0 Å². The molecule has 1 atom stereocenters. The van der Waals surface area contributed by atoms with Gasteiger partial charge in [0.2, 0.25) is 5.91 Å². The molecule has 4 rings (SSSR count). The van der Waals surface area contributed by atoms with Crippen LogP contribution in [0.5, 0.6) is 0 Å². The molecule has 1 aromatic heterocycles. The minimum Gasteiger partial charge on any atom is -0.360 e. The van der Waals surface area contributed by atoms with Gasteiger partial charge in [-0.05, 0) is 44.9 Å². The number of amides is 2. The molecule has 0 spiro atoms. The summed E-state index contributed by atoms with van der Waals surface area (Å²) in [5, 5.41) is 6.07. The molecular formula is C19H26F2N4O3. The second-order valence-electron chi connectivity index (χ2n) is 8.34. The number of nitrogens with two attached hydrogens (primary N) is 1. The molecule has 1 aliphatic heterocycles. The van der Waals surface area contributed by atoms with Crippen molar-refractivity contribution in [2.45, 2.75) is 68.9 Å². The summed E-state index contributed by atoms with van der Waals surface area (Å²) in [5.74, 6) is -3.39. The van der Waals surface area contributed by atoms with E-state index in [9.17, 15) is 18.4 Å². The Bertz CT molecular complexity index is 741. The van der Waals surface area contributed by atoms with Gasteiger partial charge in [-0.2, -0.15) is 0 Å². The van der Waals surface area contributed by atoms with E-state index in [2.05, 4.69) is 10.5 Å². The van der Waals surface area contributed by atoms with Crippen LogP contribution in [-0.2, 0) is 4.79 Å².